The van der Waals surface area contributed by atoms with Crippen molar-refractivity contribution >= 4 is 5.91 Å². The molecule has 1 amide bonds. The molecule has 1 aliphatic rings. The molecule has 1 aromatic carbocycles. The van der Waals surface area contributed by atoms with Gasteiger partial charge in [0.2, 0.25) is 0 Å². The van der Waals surface area contributed by atoms with Gasteiger partial charge in [0.05, 0.1) is 24.9 Å². The van der Waals surface area contributed by atoms with E-state index in [2.05, 4.69) is 10.4 Å². The van der Waals surface area contributed by atoms with Gasteiger partial charge in [0, 0.05) is 12.6 Å². The molecule has 1 heterocycles. The second-order valence-electron chi connectivity index (χ2n) is 5.49. The second-order valence-corrected chi connectivity index (χ2v) is 5.49. The molecule has 0 saturated heterocycles. The van der Waals surface area contributed by atoms with Crippen LogP contribution in [0, 0.1) is 0 Å². The Morgan fingerprint density at radius 2 is 2.17 bits per heavy atom. The summed E-state index contributed by atoms with van der Waals surface area (Å²) in [6, 6.07) is 8.69. The molecule has 0 bridgehead atoms. The number of fused-ring (bicyclic) bond motifs is 1. The van der Waals surface area contributed by atoms with Crippen LogP contribution < -0.4 is 15.6 Å². The highest BCUT2D eigenvalue weighted by Gasteiger charge is 2.15. The van der Waals surface area contributed by atoms with E-state index >= 15 is 0 Å². The zero-order valence-corrected chi connectivity index (χ0v) is 13.0. The minimum absolute atomic E-state index is 0.114. The number of carbonyl (C=O) groups excluding carboxylic acids is 1. The largest absolute Gasteiger partial charge is 0.496 e. The summed E-state index contributed by atoms with van der Waals surface area (Å²) < 4.78 is 6.60. The van der Waals surface area contributed by atoms with Gasteiger partial charge in [0.1, 0.15) is 5.75 Å². The molecule has 0 fully saturated rings. The van der Waals surface area contributed by atoms with Crippen LogP contribution in [0.5, 0.6) is 5.75 Å². The predicted octanol–water partition coefficient (Wildman–Crippen LogP) is 1.17. The van der Waals surface area contributed by atoms with Crippen molar-refractivity contribution in [3.63, 3.8) is 0 Å². The van der Waals surface area contributed by atoms with Crippen LogP contribution in [-0.2, 0) is 19.4 Å². The molecular weight excluding hydrogens is 294 g/mol. The lowest BCUT2D eigenvalue weighted by atomic mass is 10.2. The number of benzene rings is 1. The summed E-state index contributed by atoms with van der Waals surface area (Å²) in [5, 5.41) is 7.18. The van der Waals surface area contributed by atoms with Crippen LogP contribution in [0.15, 0.2) is 35.1 Å². The Labute approximate surface area is 134 Å². The molecule has 0 unspecified atom stereocenters. The summed E-state index contributed by atoms with van der Waals surface area (Å²) in [6.45, 7) is 0.690. The molecule has 3 rings (SSSR count). The smallest absolute Gasteiger partial charge is 0.267 e. The molecule has 23 heavy (non-hydrogen) atoms. The van der Waals surface area contributed by atoms with Crippen molar-refractivity contribution < 1.29 is 9.53 Å². The molecule has 1 N–H and O–H groups in total. The summed E-state index contributed by atoms with van der Waals surface area (Å²) >= 11 is 0. The van der Waals surface area contributed by atoms with E-state index in [1.807, 2.05) is 6.07 Å². The molecule has 0 spiro atoms. The van der Waals surface area contributed by atoms with E-state index in [0.29, 0.717) is 24.4 Å². The fourth-order valence-electron chi connectivity index (χ4n) is 2.80. The molecule has 0 aliphatic heterocycles. The van der Waals surface area contributed by atoms with Crippen molar-refractivity contribution in [2.45, 2.75) is 25.8 Å². The Balaban J connectivity index is 1.64. The van der Waals surface area contributed by atoms with E-state index in [4.69, 9.17) is 4.74 Å². The standard InChI is InChI=1S/C17H19N3O3/c1-23-15-8-3-2-6-13(15)17(22)18-9-10-20-16(21)11-12-5-4-7-14(12)19-20/h2-3,6,8,11H,4-5,7,9-10H2,1H3,(H,18,22). The lowest BCUT2D eigenvalue weighted by Gasteiger charge is -2.10. The quantitative estimate of drug-likeness (QED) is 0.899. The molecule has 0 saturated carbocycles. The fraction of sp³-hybridized carbons (Fsp3) is 0.353. The van der Waals surface area contributed by atoms with Crippen molar-refractivity contribution in [2.24, 2.45) is 0 Å². The number of nitrogens with one attached hydrogen (secondary N) is 1. The van der Waals surface area contributed by atoms with Crippen LogP contribution in [0.3, 0.4) is 0 Å². The molecule has 2 aromatic rings. The van der Waals surface area contributed by atoms with Gasteiger partial charge in [-0.15, -0.1) is 0 Å². The summed E-state index contributed by atoms with van der Waals surface area (Å²) in [5.74, 6) is 0.300. The number of hydrogen-bond acceptors (Lipinski definition) is 4. The zero-order chi connectivity index (χ0) is 16.2. The van der Waals surface area contributed by atoms with Crippen LogP contribution >= 0.6 is 0 Å². The molecule has 0 atom stereocenters. The van der Waals surface area contributed by atoms with Crippen LogP contribution in [0.25, 0.3) is 0 Å². The summed E-state index contributed by atoms with van der Waals surface area (Å²) in [5.41, 5.74) is 2.42. The first kappa shape index (κ1) is 15.3. The second kappa shape index (κ2) is 6.64. The van der Waals surface area contributed by atoms with Gasteiger partial charge >= 0.3 is 0 Å². The number of ether oxygens (including phenoxy) is 1. The zero-order valence-electron chi connectivity index (χ0n) is 13.0. The van der Waals surface area contributed by atoms with E-state index in [0.717, 1.165) is 30.5 Å². The summed E-state index contributed by atoms with van der Waals surface area (Å²) in [6.07, 6.45) is 2.91. The topological polar surface area (TPSA) is 73.2 Å². The Morgan fingerprint density at radius 1 is 1.35 bits per heavy atom. The van der Waals surface area contributed by atoms with Crippen molar-refractivity contribution in [1.82, 2.24) is 15.1 Å². The van der Waals surface area contributed by atoms with Gasteiger partial charge < -0.3 is 10.1 Å². The van der Waals surface area contributed by atoms with E-state index in [-0.39, 0.29) is 11.5 Å². The van der Waals surface area contributed by atoms with Crippen molar-refractivity contribution in [1.29, 1.82) is 0 Å². The number of rotatable bonds is 5. The van der Waals surface area contributed by atoms with E-state index in [1.54, 1.807) is 24.3 Å². The molecule has 6 nitrogen and oxygen atoms in total. The van der Waals surface area contributed by atoms with Gasteiger partial charge in [0.15, 0.2) is 0 Å². The lowest BCUT2D eigenvalue weighted by Crippen LogP contribution is -2.32. The first-order valence-electron chi connectivity index (χ1n) is 7.70. The fourth-order valence-corrected chi connectivity index (χ4v) is 2.80. The third-order valence-corrected chi connectivity index (χ3v) is 3.98. The molecule has 1 aliphatic carbocycles. The van der Waals surface area contributed by atoms with Crippen molar-refractivity contribution in [2.75, 3.05) is 13.7 Å². The maximum Gasteiger partial charge on any atom is 0.267 e. The van der Waals surface area contributed by atoms with Gasteiger partial charge in [-0.1, -0.05) is 12.1 Å². The number of amides is 1. The van der Waals surface area contributed by atoms with Crippen LogP contribution in [0.2, 0.25) is 0 Å². The van der Waals surface area contributed by atoms with E-state index in [1.165, 1.54) is 11.8 Å². The minimum atomic E-state index is -0.225. The Bertz CT molecular complexity index is 783. The maximum atomic E-state index is 12.2. The molecule has 6 heteroatoms. The monoisotopic (exact) mass is 313 g/mol. The van der Waals surface area contributed by atoms with Gasteiger partial charge in [-0.3, -0.25) is 9.59 Å². The van der Waals surface area contributed by atoms with Gasteiger partial charge in [0.25, 0.3) is 11.5 Å². The highest BCUT2D eigenvalue weighted by atomic mass is 16.5. The minimum Gasteiger partial charge on any atom is -0.496 e. The molecular formula is C17H19N3O3. The number of para-hydroxylation sites is 1. The molecule has 1 aromatic heterocycles. The van der Waals surface area contributed by atoms with Crippen molar-refractivity contribution in [3.05, 3.63) is 57.5 Å². The van der Waals surface area contributed by atoms with Crippen LogP contribution in [-0.4, -0.2) is 29.3 Å². The van der Waals surface area contributed by atoms with E-state index in [9.17, 15) is 9.59 Å². The molecule has 0 radical (unpaired) electrons. The first-order valence-corrected chi connectivity index (χ1v) is 7.70. The van der Waals surface area contributed by atoms with Crippen molar-refractivity contribution in [3.8, 4) is 5.75 Å². The van der Waals surface area contributed by atoms with Gasteiger partial charge in [-0.2, -0.15) is 5.10 Å². The normalized spacial score (nSPS) is 12.7. The Hall–Kier alpha value is -2.63. The average molecular weight is 313 g/mol. The summed E-state index contributed by atoms with van der Waals surface area (Å²) in [4.78, 5) is 24.2. The maximum absolute atomic E-state index is 12.2. The lowest BCUT2D eigenvalue weighted by molar-refractivity contribution is 0.0948. The van der Waals surface area contributed by atoms with Crippen LogP contribution in [0.4, 0.5) is 0 Å². The number of aromatic nitrogens is 2. The number of carbonyl (C=O) groups is 1. The Kier molecular flexibility index (Phi) is 4.41. The van der Waals surface area contributed by atoms with E-state index < -0.39 is 0 Å². The third kappa shape index (κ3) is 3.26. The van der Waals surface area contributed by atoms with Gasteiger partial charge in [-0.05, 0) is 37.0 Å². The third-order valence-electron chi connectivity index (χ3n) is 3.98. The number of aryl methyl sites for hydroxylation is 2. The SMILES string of the molecule is COc1ccccc1C(=O)NCCn1nc2c(cc1=O)CCC2. The average Bonchev–Trinajstić information content (AvgIpc) is 3.01. The van der Waals surface area contributed by atoms with Gasteiger partial charge in [-0.25, -0.2) is 4.68 Å². The summed E-state index contributed by atoms with van der Waals surface area (Å²) in [7, 11) is 1.53. The predicted molar refractivity (Wildman–Crippen MR) is 85.8 cm³/mol. The van der Waals surface area contributed by atoms with Crippen LogP contribution in [0.1, 0.15) is 28.0 Å². The number of hydrogen-bond donors (Lipinski definition) is 1. The molecule has 120 valence electrons. The number of nitrogens with zero attached hydrogens (tertiary/aromatic N) is 2. The number of methoxy groups -OCH3 is 1. The highest BCUT2D eigenvalue weighted by molar-refractivity contribution is 5.96. The Morgan fingerprint density at radius 3 is 3.00 bits per heavy atom. The highest BCUT2D eigenvalue weighted by Crippen LogP contribution is 2.17. The first-order chi connectivity index (χ1) is 11.2.